The predicted octanol–water partition coefficient (Wildman–Crippen LogP) is 3.01. The smallest absolute Gasteiger partial charge is 0.460 e. The summed E-state index contributed by atoms with van der Waals surface area (Å²) in [7, 11) is -5.78. The molecule has 0 spiro atoms. The van der Waals surface area contributed by atoms with Crippen LogP contribution in [0.15, 0.2) is 0 Å². The molecule has 0 aliphatic heterocycles. The van der Waals surface area contributed by atoms with Gasteiger partial charge >= 0.3 is 21.3 Å². The van der Waals surface area contributed by atoms with Crippen LogP contribution in [0.25, 0.3) is 0 Å². The zero-order valence-corrected chi connectivity index (χ0v) is 13.2. The van der Waals surface area contributed by atoms with Crippen LogP contribution in [-0.4, -0.2) is 30.8 Å². The van der Waals surface area contributed by atoms with E-state index in [-0.39, 0.29) is 6.61 Å². The zero-order valence-electron chi connectivity index (χ0n) is 12.3. The molecule has 2 aliphatic carbocycles. The number of alkyl halides is 2. The number of esters is 1. The predicted molar refractivity (Wildman–Crippen MR) is 74.9 cm³/mol. The van der Waals surface area contributed by atoms with Crippen molar-refractivity contribution in [1.29, 1.82) is 0 Å². The molecule has 0 heterocycles. The van der Waals surface area contributed by atoms with Gasteiger partial charge in [0.1, 0.15) is 0 Å². The van der Waals surface area contributed by atoms with Crippen molar-refractivity contribution >= 4 is 16.1 Å². The van der Waals surface area contributed by atoms with Gasteiger partial charge in [-0.25, -0.2) is 4.79 Å². The third kappa shape index (κ3) is 4.16. The molecule has 2 atom stereocenters. The number of carbonyl (C=O) groups is 1. The standard InChI is InChI=1S/C14H22F2O5S/c15-14(16,22(18,19)20)13(17)21-6-2-5-12-8-10-3-1-4-11(7-10)9-12/h10-12H,1-9H2,(H,18,19,20). The monoisotopic (exact) mass is 340 g/mol. The number of ether oxygens (including phenoxy) is 1. The maximum absolute atomic E-state index is 12.9. The SMILES string of the molecule is O=C(OCCCC1CC2CCCC(C1)C2)C(F)(F)S(=O)(=O)O. The van der Waals surface area contributed by atoms with Crippen LogP contribution in [0, 0.1) is 17.8 Å². The third-order valence-electron chi connectivity index (χ3n) is 4.78. The molecule has 2 fully saturated rings. The molecule has 0 saturated heterocycles. The van der Waals surface area contributed by atoms with Crippen LogP contribution in [0.4, 0.5) is 8.78 Å². The minimum Gasteiger partial charge on any atom is -0.460 e. The molecule has 0 amide bonds. The van der Waals surface area contributed by atoms with Crippen molar-refractivity contribution in [2.24, 2.45) is 17.8 Å². The van der Waals surface area contributed by atoms with Gasteiger partial charge in [-0.1, -0.05) is 19.3 Å². The van der Waals surface area contributed by atoms with Crippen LogP contribution in [0.2, 0.25) is 0 Å². The number of fused-ring (bicyclic) bond motifs is 2. The first-order chi connectivity index (χ1) is 10.2. The van der Waals surface area contributed by atoms with Crippen molar-refractivity contribution in [2.45, 2.75) is 56.6 Å². The van der Waals surface area contributed by atoms with E-state index in [1.54, 1.807) is 0 Å². The summed E-state index contributed by atoms with van der Waals surface area (Å²) in [5.41, 5.74) is 0. The van der Waals surface area contributed by atoms with E-state index in [1.807, 2.05) is 0 Å². The molecule has 2 aliphatic rings. The second-order valence-electron chi connectivity index (χ2n) is 6.51. The molecular formula is C14H22F2O5S. The van der Waals surface area contributed by atoms with E-state index in [0.717, 1.165) is 31.1 Å². The fourth-order valence-corrected chi connectivity index (χ4v) is 4.10. The minimum atomic E-state index is -5.78. The Kier molecular flexibility index (Phi) is 5.42. The van der Waals surface area contributed by atoms with Gasteiger partial charge in [0.15, 0.2) is 0 Å². The summed E-state index contributed by atoms with van der Waals surface area (Å²) in [4.78, 5) is 11.0. The van der Waals surface area contributed by atoms with Crippen LogP contribution >= 0.6 is 0 Å². The molecule has 128 valence electrons. The topological polar surface area (TPSA) is 80.7 Å². The molecule has 2 saturated carbocycles. The largest absolute Gasteiger partial charge is 0.465 e. The molecule has 0 radical (unpaired) electrons. The normalized spacial score (nSPS) is 29.1. The van der Waals surface area contributed by atoms with Crippen molar-refractivity contribution in [3.05, 3.63) is 0 Å². The molecule has 2 rings (SSSR count). The van der Waals surface area contributed by atoms with Crippen LogP contribution < -0.4 is 0 Å². The van der Waals surface area contributed by atoms with E-state index in [1.165, 1.54) is 25.7 Å². The lowest BCUT2D eigenvalue weighted by molar-refractivity contribution is -0.161. The summed E-state index contributed by atoms with van der Waals surface area (Å²) in [5, 5.41) is -4.89. The average molecular weight is 340 g/mol. The molecule has 1 N–H and O–H groups in total. The van der Waals surface area contributed by atoms with E-state index >= 15 is 0 Å². The summed E-state index contributed by atoms with van der Waals surface area (Å²) in [6.07, 6.45) is 8.63. The lowest BCUT2D eigenvalue weighted by Crippen LogP contribution is -2.39. The summed E-state index contributed by atoms with van der Waals surface area (Å²) in [6, 6.07) is 0. The minimum absolute atomic E-state index is 0.254. The molecule has 5 nitrogen and oxygen atoms in total. The first-order valence-electron chi connectivity index (χ1n) is 7.72. The van der Waals surface area contributed by atoms with Crippen molar-refractivity contribution in [2.75, 3.05) is 6.61 Å². The number of halogens is 2. The molecule has 0 aromatic rings. The van der Waals surface area contributed by atoms with Gasteiger partial charge in [-0.05, 0) is 49.9 Å². The Labute approximate surface area is 129 Å². The highest BCUT2D eigenvalue weighted by molar-refractivity contribution is 7.87. The molecule has 0 aromatic carbocycles. The van der Waals surface area contributed by atoms with E-state index < -0.39 is 21.3 Å². The van der Waals surface area contributed by atoms with E-state index in [4.69, 9.17) is 4.55 Å². The second-order valence-corrected chi connectivity index (χ2v) is 7.97. The summed E-state index contributed by atoms with van der Waals surface area (Å²) in [5.74, 6) is -0.145. The zero-order chi connectivity index (χ0) is 16.4. The van der Waals surface area contributed by atoms with Gasteiger partial charge < -0.3 is 4.74 Å². The second kappa shape index (κ2) is 6.78. The van der Waals surface area contributed by atoms with Crippen molar-refractivity contribution < 1.29 is 31.3 Å². The maximum atomic E-state index is 12.9. The molecule has 2 bridgehead atoms. The first-order valence-corrected chi connectivity index (χ1v) is 9.16. The number of hydrogen-bond donors (Lipinski definition) is 1. The number of rotatable bonds is 6. The Morgan fingerprint density at radius 3 is 2.32 bits per heavy atom. The van der Waals surface area contributed by atoms with E-state index in [0.29, 0.717) is 12.3 Å². The molecule has 22 heavy (non-hydrogen) atoms. The van der Waals surface area contributed by atoms with Crippen LogP contribution in [0.3, 0.4) is 0 Å². The van der Waals surface area contributed by atoms with Gasteiger partial charge in [0.2, 0.25) is 0 Å². The molecule has 2 unspecified atom stereocenters. The quantitative estimate of drug-likeness (QED) is 0.457. The van der Waals surface area contributed by atoms with E-state index in [2.05, 4.69) is 4.74 Å². The van der Waals surface area contributed by atoms with Crippen molar-refractivity contribution in [3.8, 4) is 0 Å². The third-order valence-corrected chi connectivity index (χ3v) is 5.59. The van der Waals surface area contributed by atoms with Crippen LogP contribution in [-0.2, 0) is 19.6 Å². The fraction of sp³-hybridized carbons (Fsp3) is 0.929. The molecule has 8 heteroatoms. The Morgan fingerprint density at radius 2 is 1.77 bits per heavy atom. The summed E-state index contributed by atoms with van der Waals surface area (Å²) < 4.78 is 59.3. The Morgan fingerprint density at radius 1 is 1.18 bits per heavy atom. The van der Waals surface area contributed by atoms with Gasteiger partial charge in [-0.15, -0.1) is 0 Å². The first kappa shape index (κ1) is 17.6. The Balaban J connectivity index is 1.70. The average Bonchev–Trinajstić information content (AvgIpc) is 2.41. The van der Waals surface area contributed by atoms with E-state index in [9.17, 15) is 22.0 Å². The summed E-state index contributed by atoms with van der Waals surface area (Å²) >= 11 is 0. The summed E-state index contributed by atoms with van der Waals surface area (Å²) in [6.45, 7) is -0.254. The van der Waals surface area contributed by atoms with Gasteiger partial charge in [-0.3, -0.25) is 4.55 Å². The molecular weight excluding hydrogens is 318 g/mol. The Bertz CT molecular complexity index is 493. The van der Waals surface area contributed by atoms with Crippen molar-refractivity contribution in [1.82, 2.24) is 0 Å². The van der Waals surface area contributed by atoms with Gasteiger partial charge in [-0.2, -0.15) is 17.2 Å². The number of hydrogen-bond acceptors (Lipinski definition) is 4. The van der Waals surface area contributed by atoms with Crippen LogP contribution in [0.5, 0.6) is 0 Å². The molecule has 0 aromatic heterocycles. The Hall–Kier alpha value is -0.760. The van der Waals surface area contributed by atoms with Gasteiger partial charge in [0.05, 0.1) is 6.61 Å². The van der Waals surface area contributed by atoms with Gasteiger partial charge in [0.25, 0.3) is 0 Å². The maximum Gasteiger partial charge on any atom is 0.465 e. The lowest BCUT2D eigenvalue weighted by Gasteiger charge is -2.39. The highest BCUT2D eigenvalue weighted by Gasteiger charge is 2.54. The number of carbonyl (C=O) groups excluding carboxylic acids is 1. The van der Waals surface area contributed by atoms with Crippen LogP contribution in [0.1, 0.15) is 51.4 Å². The van der Waals surface area contributed by atoms with Crippen molar-refractivity contribution in [3.63, 3.8) is 0 Å². The highest BCUT2D eigenvalue weighted by Crippen LogP contribution is 2.43. The highest BCUT2D eigenvalue weighted by atomic mass is 32.2. The van der Waals surface area contributed by atoms with Gasteiger partial charge in [0, 0.05) is 0 Å². The fourth-order valence-electron chi connectivity index (χ4n) is 3.83. The lowest BCUT2D eigenvalue weighted by atomic mass is 9.67.